The summed E-state index contributed by atoms with van der Waals surface area (Å²) in [5.41, 5.74) is 2.68. The lowest BCUT2D eigenvalue weighted by molar-refractivity contribution is -0.130. The summed E-state index contributed by atoms with van der Waals surface area (Å²) in [5.74, 6) is 0.0940. The Morgan fingerprint density at radius 1 is 1.25 bits per heavy atom. The molecule has 0 spiro atoms. The van der Waals surface area contributed by atoms with Crippen LogP contribution in [0.4, 0.5) is 0 Å². The van der Waals surface area contributed by atoms with Crippen molar-refractivity contribution < 1.29 is 9.90 Å². The van der Waals surface area contributed by atoms with Gasteiger partial charge in [-0.05, 0) is 51.2 Å². The van der Waals surface area contributed by atoms with Crippen molar-refractivity contribution in [2.45, 2.75) is 57.9 Å². The Kier molecular flexibility index (Phi) is 3.92. The fraction of sp³-hybridized carbons (Fsp3) is 0.588. The summed E-state index contributed by atoms with van der Waals surface area (Å²) in [7, 11) is 0. The van der Waals surface area contributed by atoms with Crippen molar-refractivity contribution in [1.29, 1.82) is 0 Å². The van der Waals surface area contributed by atoms with Crippen LogP contribution in [0, 0.1) is 6.92 Å². The summed E-state index contributed by atoms with van der Waals surface area (Å²) in [5, 5.41) is 12.3. The van der Waals surface area contributed by atoms with Gasteiger partial charge in [0.2, 0.25) is 5.91 Å². The lowest BCUT2D eigenvalue weighted by Crippen LogP contribution is -2.56. The maximum atomic E-state index is 12.8. The van der Waals surface area contributed by atoms with Crippen molar-refractivity contribution in [3.8, 4) is 0 Å². The normalized spacial score (nSPS) is 24.1. The van der Waals surface area contributed by atoms with Crippen LogP contribution in [0.5, 0.6) is 0 Å². The van der Waals surface area contributed by atoms with Crippen LogP contribution in [0.3, 0.4) is 0 Å². The van der Waals surface area contributed by atoms with Gasteiger partial charge in [0, 0.05) is 6.61 Å². The monoisotopic (exact) mass is 275 g/mol. The number of aliphatic hydroxyl groups is 1. The van der Waals surface area contributed by atoms with Crippen molar-refractivity contribution in [2.75, 3.05) is 6.61 Å². The zero-order valence-corrected chi connectivity index (χ0v) is 12.9. The molecule has 1 aromatic carbocycles. The molecule has 3 heteroatoms. The lowest BCUT2D eigenvalue weighted by Gasteiger charge is -2.45. The van der Waals surface area contributed by atoms with Gasteiger partial charge >= 0.3 is 0 Å². The topological polar surface area (TPSA) is 49.3 Å². The summed E-state index contributed by atoms with van der Waals surface area (Å²) in [6, 6.07) is 6.38. The second-order valence-electron chi connectivity index (χ2n) is 6.39. The number of aryl methyl sites for hydroxylation is 1. The molecule has 1 aliphatic heterocycles. The molecule has 0 fully saturated rings. The summed E-state index contributed by atoms with van der Waals surface area (Å²) in [6.07, 6.45) is 2.10. The van der Waals surface area contributed by atoms with Gasteiger partial charge in [-0.25, -0.2) is 0 Å². The van der Waals surface area contributed by atoms with Gasteiger partial charge < -0.3 is 10.4 Å². The first-order valence-corrected chi connectivity index (χ1v) is 7.42. The van der Waals surface area contributed by atoms with E-state index in [2.05, 4.69) is 37.4 Å². The van der Waals surface area contributed by atoms with Crippen LogP contribution >= 0.6 is 0 Å². The Balaban J connectivity index is 2.63. The van der Waals surface area contributed by atoms with Gasteiger partial charge in [0.1, 0.15) is 0 Å². The zero-order valence-electron chi connectivity index (χ0n) is 12.9. The Hall–Kier alpha value is -1.35. The quantitative estimate of drug-likeness (QED) is 0.887. The number of rotatable bonds is 4. The molecule has 1 atom stereocenters. The maximum absolute atomic E-state index is 12.8. The zero-order chi connectivity index (χ0) is 15.0. The molecule has 2 rings (SSSR count). The molecular weight excluding hydrogens is 250 g/mol. The van der Waals surface area contributed by atoms with Gasteiger partial charge in [0.25, 0.3) is 0 Å². The average Bonchev–Trinajstić information content (AvgIpc) is 2.38. The Morgan fingerprint density at radius 2 is 1.95 bits per heavy atom. The number of amides is 1. The largest absolute Gasteiger partial charge is 0.396 e. The highest BCUT2D eigenvalue weighted by Crippen LogP contribution is 2.43. The van der Waals surface area contributed by atoms with E-state index in [9.17, 15) is 4.79 Å². The maximum Gasteiger partial charge on any atom is 0.231 e. The molecule has 1 aliphatic rings. The van der Waals surface area contributed by atoms with E-state index in [1.165, 1.54) is 11.1 Å². The molecule has 0 aliphatic carbocycles. The molecule has 1 heterocycles. The summed E-state index contributed by atoms with van der Waals surface area (Å²) < 4.78 is 0. The minimum atomic E-state index is -0.500. The van der Waals surface area contributed by atoms with Crippen molar-refractivity contribution in [3.05, 3.63) is 34.9 Å². The van der Waals surface area contributed by atoms with Gasteiger partial charge in [-0.15, -0.1) is 0 Å². The molecule has 0 bridgehead atoms. The number of carbonyl (C=O) groups excluding carboxylic acids is 1. The fourth-order valence-electron chi connectivity index (χ4n) is 3.35. The Bertz CT molecular complexity index is 522. The van der Waals surface area contributed by atoms with Gasteiger partial charge in [-0.3, -0.25) is 4.79 Å². The third kappa shape index (κ3) is 2.24. The first-order valence-electron chi connectivity index (χ1n) is 7.42. The average molecular weight is 275 g/mol. The van der Waals surface area contributed by atoms with Crippen molar-refractivity contribution in [2.24, 2.45) is 0 Å². The SMILES string of the molecule is CCC1(CCCO)C(=O)NC(C)(C)c2ccc(C)cc21. The first-order chi connectivity index (χ1) is 9.37. The van der Waals surface area contributed by atoms with E-state index in [0.717, 1.165) is 12.0 Å². The fourth-order valence-corrected chi connectivity index (χ4v) is 3.35. The number of hydrogen-bond donors (Lipinski definition) is 2. The second-order valence-corrected chi connectivity index (χ2v) is 6.39. The first kappa shape index (κ1) is 15.0. The molecule has 20 heavy (non-hydrogen) atoms. The van der Waals surface area contributed by atoms with Crippen LogP contribution in [0.1, 0.15) is 56.7 Å². The third-order valence-electron chi connectivity index (χ3n) is 4.59. The molecule has 2 N–H and O–H groups in total. The summed E-state index contributed by atoms with van der Waals surface area (Å²) in [6.45, 7) is 8.34. The number of nitrogens with one attached hydrogen (secondary N) is 1. The highest BCUT2D eigenvalue weighted by Gasteiger charge is 2.47. The summed E-state index contributed by atoms with van der Waals surface area (Å²) >= 11 is 0. The molecular formula is C17H25NO2. The predicted molar refractivity (Wildman–Crippen MR) is 80.6 cm³/mol. The third-order valence-corrected chi connectivity index (χ3v) is 4.59. The molecule has 0 aromatic heterocycles. The molecule has 1 amide bonds. The number of benzene rings is 1. The van der Waals surface area contributed by atoms with E-state index >= 15 is 0 Å². The standard InChI is InChI=1S/C17H25NO2/c1-5-17(9-6-10-19)14-11-12(2)7-8-13(14)16(3,4)18-15(17)20/h7-8,11,19H,5-6,9-10H2,1-4H3,(H,18,20). The Morgan fingerprint density at radius 3 is 2.55 bits per heavy atom. The molecule has 110 valence electrons. The molecule has 1 unspecified atom stereocenters. The van der Waals surface area contributed by atoms with Gasteiger partial charge in [0.05, 0.1) is 11.0 Å². The highest BCUT2D eigenvalue weighted by molar-refractivity contribution is 5.91. The second kappa shape index (κ2) is 5.21. The molecule has 0 saturated heterocycles. The van der Waals surface area contributed by atoms with Crippen molar-refractivity contribution in [3.63, 3.8) is 0 Å². The van der Waals surface area contributed by atoms with Gasteiger partial charge in [0.15, 0.2) is 0 Å². The van der Waals surface area contributed by atoms with E-state index in [1.807, 2.05) is 13.8 Å². The highest BCUT2D eigenvalue weighted by atomic mass is 16.3. The molecule has 0 saturated carbocycles. The van der Waals surface area contributed by atoms with Crippen molar-refractivity contribution in [1.82, 2.24) is 5.32 Å². The molecule has 1 aromatic rings. The molecule has 3 nitrogen and oxygen atoms in total. The lowest BCUT2D eigenvalue weighted by atomic mass is 9.66. The van der Waals surface area contributed by atoms with Gasteiger partial charge in [-0.1, -0.05) is 30.7 Å². The minimum absolute atomic E-state index is 0.0940. The Labute approximate surface area is 121 Å². The van der Waals surface area contributed by atoms with E-state index in [-0.39, 0.29) is 18.1 Å². The molecule has 0 radical (unpaired) electrons. The van der Waals surface area contributed by atoms with Crippen LogP contribution in [0.25, 0.3) is 0 Å². The van der Waals surface area contributed by atoms with E-state index in [1.54, 1.807) is 0 Å². The van der Waals surface area contributed by atoms with Crippen LogP contribution < -0.4 is 5.32 Å². The number of hydrogen-bond acceptors (Lipinski definition) is 2. The van der Waals surface area contributed by atoms with Crippen LogP contribution in [-0.2, 0) is 15.7 Å². The van der Waals surface area contributed by atoms with Gasteiger partial charge in [-0.2, -0.15) is 0 Å². The van der Waals surface area contributed by atoms with Crippen LogP contribution in [0.15, 0.2) is 18.2 Å². The van der Waals surface area contributed by atoms with Crippen molar-refractivity contribution >= 4 is 5.91 Å². The van der Waals surface area contributed by atoms with E-state index in [0.29, 0.717) is 12.8 Å². The number of fused-ring (bicyclic) bond motifs is 1. The van der Waals surface area contributed by atoms with E-state index < -0.39 is 5.41 Å². The van der Waals surface area contributed by atoms with E-state index in [4.69, 9.17) is 5.11 Å². The van der Waals surface area contributed by atoms with Crippen LogP contribution in [-0.4, -0.2) is 17.6 Å². The minimum Gasteiger partial charge on any atom is -0.396 e. The number of carbonyl (C=O) groups is 1. The predicted octanol–water partition coefficient (Wildman–Crippen LogP) is 2.78. The van der Waals surface area contributed by atoms with Crippen LogP contribution in [0.2, 0.25) is 0 Å². The number of aliphatic hydroxyl groups excluding tert-OH is 1. The summed E-state index contributed by atoms with van der Waals surface area (Å²) in [4.78, 5) is 12.8. The smallest absolute Gasteiger partial charge is 0.231 e.